The molecule has 2 amide bonds. The SMILES string of the molecule is Cc1ccc(N2CCN(C(=O)c3ccc(Cl)cc3C)CC2=O)cc1. The zero-order chi connectivity index (χ0) is 17.3. The van der Waals surface area contributed by atoms with Crippen molar-refractivity contribution in [1.82, 2.24) is 4.90 Å². The van der Waals surface area contributed by atoms with Crippen LogP contribution in [-0.4, -0.2) is 36.3 Å². The highest BCUT2D eigenvalue weighted by atomic mass is 35.5. The van der Waals surface area contributed by atoms with Gasteiger partial charge in [0.1, 0.15) is 6.54 Å². The molecule has 1 aliphatic rings. The predicted molar refractivity (Wildman–Crippen MR) is 95.6 cm³/mol. The lowest BCUT2D eigenvalue weighted by molar-refractivity contribution is -0.120. The Morgan fingerprint density at radius 3 is 2.38 bits per heavy atom. The van der Waals surface area contributed by atoms with Crippen LogP contribution in [0.3, 0.4) is 0 Å². The molecule has 3 rings (SSSR count). The number of amides is 2. The number of anilines is 1. The molecule has 1 saturated heterocycles. The van der Waals surface area contributed by atoms with Crippen LogP contribution in [0.25, 0.3) is 0 Å². The van der Waals surface area contributed by atoms with Gasteiger partial charge in [-0.25, -0.2) is 0 Å². The Balaban J connectivity index is 1.74. The van der Waals surface area contributed by atoms with E-state index in [4.69, 9.17) is 11.6 Å². The molecule has 5 heteroatoms. The molecule has 24 heavy (non-hydrogen) atoms. The van der Waals surface area contributed by atoms with Crippen molar-refractivity contribution in [2.24, 2.45) is 0 Å². The maximum atomic E-state index is 12.7. The van der Waals surface area contributed by atoms with Gasteiger partial charge in [-0.2, -0.15) is 0 Å². The minimum absolute atomic E-state index is 0.0648. The topological polar surface area (TPSA) is 40.6 Å². The van der Waals surface area contributed by atoms with Crippen molar-refractivity contribution in [3.8, 4) is 0 Å². The van der Waals surface area contributed by atoms with E-state index in [2.05, 4.69) is 0 Å². The standard InChI is InChI=1S/C19H19ClN2O2/c1-13-3-6-16(7-4-13)22-10-9-21(12-18(22)23)19(24)17-8-5-15(20)11-14(17)2/h3-8,11H,9-10,12H2,1-2H3. The van der Waals surface area contributed by atoms with Gasteiger partial charge >= 0.3 is 0 Å². The van der Waals surface area contributed by atoms with Crippen LogP contribution in [0, 0.1) is 13.8 Å². The summed E-state index contributed by atoms with van der Waals surface area (Å²) in [6.45, 7) is 4.97. The number of aryl methyl sites for hydroxylation is 2. The van der Waals surface area contributed by atoms with Gasteiger partial charge in [0.25, 0.3) is 5.91 Å². The van der Waals surface area contributed by atoms with Crippen molar-refractivity contribution < 1.29 is 9.59 Å². The molecule has 2 aromatic rings. The van der Waals surface area contributed by atoms with Crippen LogP contribution in [0.15, 0.2) is 42.5 Å². The highest BCUT2D eigenvalue weighted by Crippen LogP contribution is 2.21. The summed E-state index contributed by atoms with van der Waals surface area (Å²) in [6.07, 6.45) is 0. The molecule has 2 aromatic carbocycles. The third-order valence-electron chi connectivity index (χ3n) is 4.27. The number of rotatable bonds is 2. The van der Waals surface area contributed by atoms with E-state index < -0.39 is 0 Å². The third-order valence-corrected chi connectivity index (χ3v) is 4.51. The van der Waals surface area contributed by atoms with Crippen molar-refractivity contribution >= 4 is 29.1 Å². The quantitative estimate of drug-likeness (QED) is 0.838. The maximum absolute atomic E-state index is 12.7. The van der Waals surface area contributed by atoms with Gasteiger partial charge in [0.2, 0.25) is 5.91 Å². The van der Waals surface area contributed by atoms with E-state index in [1.165, 1.54) is 0 Å². The van der Waals surface area contributed by atoms with Crippen LogP contribution in [0.5, 0.6) is 0 Å². The molecule has 0 unspecified atom stereocenters. The van der Waals surface area contributed by atoms with Crippen molar-refractivity contribution in [2.45, 2.75) is 13.8 Å². The lowest BCUT2D eigenvalue weighted by Gasteiger charge is -2.34. The van der Waals surface area contributed by atoms with E-state index in [1.807, 2.05) is 38.1 Å². The Bertz CT molecular complexity index is 786. The number of nitrogens with zero attached hydrogens (tertiary/aromatic N) is 2. The average molecular weight is 343 g/mol. The number of hydrogen-bond donors (Lipinski definition) is 0. The first-order chi connectivity index (χ1) is 11.5. The second kappa shape index (κ2) is 6.65. The van der Waals surface area contributed by atoms with E-state index in [9.17, 15) is 9.59 Å². The molecule has 0 atom stereocenters. The molecule has 4 nitrogen and oxygen atoms in total. The van der Waals surface area contributed by atoms with E-state index in [-0.39, 0.29) is 18.4 Å². The zero-order valence-electron chi connectivity index (χ0n) is 13.8. The number of piperazine rings is 1. The van der Waals surface area contributed by atoms with Gasteiger partial charge < -0.3 is 9.80 Å². The van der Waals surface area contributed by atoms with Gasteiger partial charge in [-0.1, -0.05) is 29.3 Å². The Hall–Kier alpha value is -2.33. The van der Waals surface area contributed by atoms with Crippen LogP contribution < -0.4 is 4.90 Å². The summed E-state index contributed by atoms with van der Waals surface area (Å²) in [5.74, 6) is -0.189. The van der Waals surface area contributed by atoms with Crippen molar-refractivity contribution in [2.75, 3.05) is 24.5 Å². The summed E-state index contributed by atoms with van der Waals surface area (Å²) in [5.41, 5.74) is 3.44. The average Bonchev–Trinajstić information content (AvgIpc) is 2.55. The number of carbonyl (C=O) groups excluding carboxylic acids is 2. The van der Waals surface area contributed by atoms with E-state index in [0.717, 1.165) is 16.8 Å². The number of hydrogen-bond acceptors (Lipinski definition) is 2. The first-order valence-corrected chi connectivity index (χ1v) is 8.26. The van der Waals surface area contributed by atoms with E-state index >= 15 is 0 Å². The number of benzene rings is 2. The van der Waals surface area contributed by atoms with E-state index in [0.29, 0.717) is 23.7 Å². The summed E-state index contributed by atoms with van der Waals surface area (Å²) in [5, 5.41) is 0.601. The smallest absolute Gasteiger partial charge is 0.254 e. The summed E-state index contributed by atoms with van der Waals surface area (Å²) >= 11 is 5.94. The molecule has 1 heterocycles. The van der Waals surface area contributed by atoms with Crippen molar-refractivity contribution in [3.63, 3.8) is 0 Å². The summed E-state index contributed by atoms with van der Waals surface area (Å²) in [6, 6.07) is 13.0. The molecule has 0 saturated carbocycles. The molecule has 1 fully saturated rings. The van der Waals surface area contributed by atoms with Gasteiger partial charge in [-0.05, 0) is 49.7 Å². The lowest BCUT2D eigenvalue weighted by atomic mass is 10.1. The maximum Gasteiger partial charge on any atom is 0.254 e. The minimum atomic E-state index is -0.124. The van der Waals surface area contributed by atoms with Crippen LogP contribution in [0.2, 0.25) is 5.02 Å². The first-order valence-electron chi connectivity index (χ1n) is 7.88. The molecule has 124 valence electrons. The minimum Gasteiger partial charge on any atom is -0.328 e. The molecule has 0 bridgehead atoms. The monoisotopic (exact) mass is 342 g/mol. The molecule has 0 aliphatic carbocycles. The van der Waals surface area contributed by atoms with Gasteiger partial charge in [-0.15, -0.1) is 0 Å². The van der Waals surface area contributed by atoms with Gasteiger partial charge in [0, 0.05) is 29.4 Å². The van der Waals surface area contributed by atoms with Gasteiger partial charge in [0.15, 0.2) is 0 Å². The molecule has 1 aliphatic heterocycles. The van der Waals surface area contributed by atoms with Crippen LogP contribution in [0.4, 0.5) is 5.69 Å². The third kappa shape index (κ3) is 3.29. The number of carbonyl (C=O) groups is 2. The fourth-order valence-corrected chi connectivity index (χ4v) is 3.11. The fraction of sp³-hybridized carbons (Fsp3) is 0.263. The molecular formula is C19H19ClN2O2. The van der Waals surface area contributed by atoms with Crippen LogP contribution >= 0.6 is 11.6 Å². The van der Waals surface area contributed by atoms with Gasteiger partial charge in [0.05, 0.1) is 0 Å². The molecule has 0 aromatic heterocycles. The Labute approximate surface area is 146 Å². The highest BCUT2D eigenvalue weighted by molar-refractivity contribution is 6.30. The van der Waals surface area contributed by atoms with Gasteiger partial charge in [-0.3, -0.25) is 9.59 Å². The predicted octanol–water partition coefficient (Wildman–Crippen LogP) is 3.45. The van der Waals surface area contributed by atoms with Crippen molar-refractivity contribution in [1.29, 1.82) is 0 Å². The molecule has 0 radical (unpaired) electrons. The second-order valence-electron chi connectivity index (χ2n) is 6.07. The lowest BCUT2D eigenvalue weighted by Crippen LogP contribution is -2.52. The highest BCUT2D eigenvalue weighted by Gasteiger charge is 2.29. The zero-order valence-corrected chi connectivity index (χ0v) is 14.5. The normalized spacial score (nSPS) is 14.9. The molecular weight excluding hydrogens is 324 g/mol. The van der Waals surface area contributed by atoms with Crippen LogP contribution in [-0.2, 0) is 4.79 Å². The summed E-state index contributed by atoms with van der Waals surface area (Å²) in [4.78, 5) is 28.5. The Morgan fingerprint density at radius 1 is 1.04 bits per heavy atom. The molecule has 0 spiro atoms. The van der Waals surface area contributed by atoms with Crippen LogP contribution in [0.1, 0.15) is 21.5 Å². The summed E-state index contributed by atoms with van der Waals surface area (Å²) < 4.78 is 0. The first kappa shape index (κ1) is 16.5. The Kier molecular flexibility index (Phi) is 4.58. The van der Waals surface area contributed by atoms with Crippen molar-refractivity contribution in [3.05, 3.63) is 64.2 Å². The Morgan fingerprint density at radius 2 is 1.75 bits per heavy atom. The number of halogens is 1. The summed E-state index contributed by atoms with van der Waals surface area (Å²) in [7, 11) is 0. The largest absolute Gasteiger partial charge is 0.328 e. The van der Waals surface area contributed by atoms with E-state index in [1.54, 1.807) is 28.0 Å². The second-order valence-corrected chi connectivity index (χ2v) is 6.50. The fourth-order valence-electron chi connectivity index (χ4n) is 2.88. The molecule has 0 N–H and O–H groups in total.